The summed E-state index contributed by atoms with van der Waals surface area (Å²) in [6, 6.07) is 4.36. The van der Waals surface area contributed by atoms with Crippen molar-refractivity contribution in [1.82, 2.24) is 0 Å². The Balaban J connectivity index is 3.04. The van der Waals surface area contributed by atoms with Gasteiger partial charge < -0.3 is 5.32 Å². The van der Waals surface area contributed by atoms with E-state index in [0.717, 1.165) is 0 Å². The number of rotatable bonds is 3. The van der Waals surface area contributed by atoms with Crippen molar-refractivity contribution in [3.05, 3.63) is 32.8 Å². The van der Waals surface area contributed by atoms with Crippen LogP contribution in [-0.2, 0) is 4.79 Å². The molecule has 1 rings (SSSR count). The smallest absolute Gasteiger partial charge is 0.293 e. The molecule has 0 heterocycles. The lowest BCUT2D eigenvalue weighted by molar-refractivity contribution is -0.384. The number of nitro benzene ring substituents is 1. The van der Waals surface area contributed by atoms with Gasteiger partial charge in [-0.3, -0.25) is 14.9 Å². The fourth-order valence-electron chi connectivity index (χ4n) is 0.994. The van der Waals surface area contributed by atoms with E-state index in [2.05, 4.69) is 21.2 Å². The fourth-order valence-corrected chi connectivity index (χ4v) is 1.40. The molecule has 1 unspecified atom stereocenters. The van der Waals surface area contributed by atoms with Gasteiger partial charge in [0.15, 0.2) is 0 Å². The van der Waals surface area contributed by atoms with E-state index < -0.39 is 16.2 Å². The fraction of sp³-hybridized carbons (Fsp3) is 0.222. The minimum absolute atomic E-state index is 0.130. The highest BCUT2D eigenvalue weighted by Crippen LogP contribution is 2.28. The Morgan fingerprint density at radius 2 is 2.25 bits per heavy atom. The van der Waals surface area contributed by atoms with Crippen LogP contribution in [0.1, 0.15) is 6.92 Å². The van der Waals surface area contributed by atoms with E-state index in [9.17, 15) is 14.9 Å². The number of amides is 1. The van der Waals surface area contributed by atoms with Crippen molar-refractivity contribution in [2.24, 2.45) is 0 Å². The predicted molar refractivity (Wildman–Crippen MR) is 64.7 cm³/mol. The van der Waals surface area contributed by atoms with E-state index in [4.69, 9.17) is 11.6 Å². The molecule has 0 aromatic heterocycles. The first kappa shape index (κ1) is 12.9. The van der Waals surface area contributed by atoms with Gasteiger partial charge in [-0.05, 0) is 19.1 Å². The SMILES string of the molecule is CC(Cl)C(=O)Nc1ccc(Br)cc1[N+](=O)[O-]. The summed E-state index contributed by atoms with van der Waals surface area (Å²) in [7, 11) is 0. The van der Waals surface area contributed by atoms with Crippen molar-refractivity contribution in [3.8, 4) is 0 Å². The number of halogens is 2. The quantitative estimate of drug-likeness (QED) is 0.530. The molecule has 0 fully saturated rings. The van der Waals surface area contributed by atoms with Crippen LogP contribution in [-0.4, -0.2) is 16.2 Å². The number of benzene rings is 1. The van der Waals surface area contributed by atoms with Gasteiger partial charge in [-0.15, -0.1) is 11.6 Å². The van der Waals surface area contributed by atoms with Crippen LogP contribution in [0.2, 0.25) is 0 Å². The third kappa shape index (κ3) is 3.18. The second-order valence-electron chi connectivity index (χ2n) is 3.02. The van der Waals surface area contributed by atoms with Crippen molar-refractivity contribution in [1.29, 1.82) is 0 Å². The van der Waals surface area contributed by atoms with Crippen LogP contribution in [0.25, 0.3) is 0 Å². The molecule has 0 radical (unpaired) electrons. The van der Waals surface area contributed by atoms with Gasteiger partial charge in [-0.1, -0.05) is 15.9 Å². The number of hydrogen-bond donors (Lipinski definition) is 1. The van der Waals surface area contributed by atoms with Gasteiger partial charge in [0.25, 0.3) is 5.69 Å². The molecule has 1 N–H and O–H groups in total. The lowest BCUT2D eigenvalue weighted by atomic mass is 10.2. The zero-order valence-electron chi connectivity index (χ0n) is 8.24. The molecular formula is C9H8BrClN2O3. The molecule has 0 aliphatic carbocycles. The summed E-state index contributed by atoms with van der Waals surface area (Å²) in [5.41, 5.74) is -0.0502. The summed E-state index contributed by atoms with van der Waals surface area (Å²) in [5.74, 6) is -0.480. The second kappa shape index (κ2) is 5.27. The average Bonchev–Trinajstić information content (AvgIpc) is 2.20. The molecule has 86 valence electrons. The average molecular weight is 308 g/mol. The summed E-state index contributed by atoms with van der Waals surface area (Å²) in [5, 5.41) is 12.4. The molecule has 7 heteroatoms. The Hall–Kier alpha value is -1.14. The molecule has 0 saturated carbocycles. The normalized spacial score (nSPS) is 11.9. The Morgan fingerprint density at radius 3 is 2.75 bits per heavy atom. The van der Waals surface area contributed by atoms with Gasteiger partial charge in [0, 0.05) is 10.5 Å². The summed E-state index contributed by atoms with van der Waals surface area (Å²) >= 11 is 8.67. The van der Waals surface area contributed by atoms with Crippen molar-refractivity contribution >= 4 is 44.8 Å². The minimum atomic E-state index is -0.747. The molecule has 0 aliphatic heterocycles. The van der Waals surface area contributed by atoms with Crippen LogP contribution in [0, 0.1) is 10.1 Å². The second-order valence-corrected chi connectivity index (χ2v) is 4.59. The van der Waals surface area contributed by atoms with Gasteiger partial charge >= 0.3 is 0 Å². The Bertz CT molecular complexity index is 437. The van der Waals surface area contributed by atoms with E-state index in [0.29, 0.717) is 4.47 Å². The molecule has 1 amide bonds. The number of hydrogen-bond acceptors (Lipinski definition) is 3. The Morgan fingerprint density at radius 1 is 1.62 bits per heavy atom. The lowest BCUT2D eigenvalue weighted by Crippen LogP contribution is -2.20. The molecule has 0 aliphatic rings. The highest BCUT2D eigenvalue weighted by atomic mass is 79.9. The van der Waals surface area contributed by atoms with E-state index >= 15 is 0 Å². The highest BCUT2D eigenvalue weighted by molar-refractivity contribution is 9.10. The molecule has 0 saturated heterocycles. The monoisotopic (exact) mass is 306 g/mol. The first-order valence-electron chi connectivity index (χ1n) is 4.30. The Kier molecular flexibility index (Phi) is 4.26. The maximum atomic E-state index is 11.3. The summed E-state index contributed by atoms with van der Waals surface area (Å²) in [6.07, 6.45) is 0. The largest absolute Gasteiger partial charge is 0.319 e. The van der Waals surface area contributed by atoms with Crippen LogP contribution in [0.5, 0.6) is 0 Å². The standard InChI is InChI=1S/C9H8BrClN2O3/c1-5(11)9(14)12-7-3-2-6(10)4-8(7)13(15)16/h2-5H,1H3,(H,12,14). The van der Waals surface area contributed by atoms with Gasteiger partial charge in [-0.2, -0.15) is 0 Å². The maximum Gasteiger partial charge on any atom is 0.293 e. The van der Waals surface area contributed by atoms with Crippen LogP contribution >= 0.6 is 27.5 Å². The summed E-state index contributed by atoms with van der Waals surface area (Å²) < 4.78 is 0.566. The molecule has 1 aromatic carbocycles. The van der Waals surface area contributed by atoms with Crippen LogP contribution in [0.3, 0.4) is 0 Å². The van der Waals surface area contributed by atoms with E-state index in [1.165, 1.54) is 19.1 Å². The topological polar surface area (TPSA) is 72.2 Å². The maximum absolute atomic E-state index is 11.3. The number of carbonyl (C=O) groups excluding carboxylic acids is 1. The molecule has 1 atom stereocenters. The van der Waals surface area contributed by atoms with Crippen molar-refractivity contribution in [2.75, 3.05) is 5.32 Å². The number of carbonyl (C=O) groups is 1. The van der Waals surface area contributed by atoms with Gasteiger partial charge in [0.2, 0.25) is 5.91 Å². The minimum Gasteiger partial charge on any atom is -0.319 e. The highest BCUT2D eigenvalue weighted by Gasteiger charge is 2.18. The van der Waals surface area contributed by atoms with Gasteiger partial charge in [0.1, 0.15) is 11.1 Å². The van der Waals surface area contributed by atoms with E-state index in [1.807, 2.05) is 0 Å². The molecule has 5 nitrogen and oxygen atoms in total. The molecule has 0 spiro atoms. The van der Waals surface area contributed by atoms with E-state index in [-0.39, 0.29) is 11.4 Å². The van der Waals surface area contributed by atoms with Crippen LogP contribution < -0.4 is 5.32 Å². The molecular weight excluding hydrogens is 299 g/mol. The lowest BCUT2D eigenvalue weighted by Gasteiger charge is -2.07. The number of nitrogens with one attached hydrogen (secondary N) is 1. The third-order valence-corrected chi connectivity index (χ3v) is 2.47. The molecule has 0 bridgehead atoms. The zero-order chi connectivity index (χ0) is 12.3. The van der Waals surface area contributed by atoms with Crippen molar-refractivity contribution < 1.29 is 9.72 Å². The van der Waals surface area contributed by atoms with Crippen LogP contribution in [0.15, 0.2) is 22.7 Å². The summed E-state index contributed by atoms with van der Waals surface area (Å²) in [4.78, 5) is 21.5. The molecule has 16 heavy (non-hydrogen) atoms. The summed E-state index contributed by atoms with van der Waals surface area (Å²) in [6.45, 7) is 1.49. The van der Waals surface area contributed by atoms with Crippen molar-refractivity contribution in [2.45, 2.75) is 12.3 Å². The van der Waals surface area contributed by atoms with Crippen LogP contribution in [0.4, 0.5) is 11.4 Å². The Labute approximate surface area is 105 Å². The predicted octanol–water partition coefficient (Wildman–Crippen LogP) is 2.92. The number of alkyl halides is 1. The first-order chi connectivity index (χ1) is 7.41. The number of anilines is 1. The zero-order valence-corrected chi connectivity index (χ0v) is 10.6. The third-order valence-electron chi connectivity index (χ3n) is 1.78. The van der Waals surface area contributed by atoms with Crippen molar-refractivity contribution in [3.63, 3.8) is 0 Å². The molecule has 1 aromatic rings. The van der Waals surface area contributed by atoms with Gasteiger partial charge in [0.05, 0.1) is 4.92 Å². The first-order valence-corrected chi connectivity index (χ1v) is 5.53. The number of nitro groups is 1. The number of nitrogens with zero attached hydrogens (tertiary/aromatic N) is 1. The van der Waals surface area contributed by atoms with Gasteiger partial charge in [-0.25, -0.2) is 0 Å². The van der Waals surface area contributed by atoms with E-state index in [1.54, 1.807) is 6.07 Å².